The Hall–Kier alpha value is -1.46. The van der Waals surface area contributed by atoms with E-state index in [1.807, 2.05) is 11.8 Å². The summed E-state index contributed by atoms with van der Waals surface area (Å²) in [4.78, 5) is 18.4. The van der Waals surface area contributed by atoms with E-state index in [1.54, 1.807) is 0 Å². The molecule has 3 heterocycles. The van der Waals surface area contributed by atoms with E-state index in [-0.39, 0.29) is 6.09 Å². The van der Waals surface area contributed by atoms with Gasteiger partial charge in [-0.15, -0.1) is 0 Å². The van der Waals surface area contributed by atoms with Crippen LogP contribution in [0.3, 0.4) is 0 Å². The highest BCUT2D eigenvalue weighted by atomic mass is 16.6. The van der Waals surface area contributed by atoms with Crippen LogP contribution >= 0.6 is 0 Å². The molecule has 0 bridgehead atoms. The first-order valence-corrected chi connectivity index (χ1v) is 6.83. The van der Waals surface area contributed by atoms with E-state index in [4.69, 9.17) is 4.74 Å². The fourth-order valence-corrected chi connectivity index (χ4v) is 3.01. The first-order chi connectivity index (χ1) is 8.79. The van der Waals surface area contributed by atoms with E-state index in [9.17, 15) is 4.79 Å². The molecular weight excluding hydrogens is 232 g/mol. The second-order valence-electron chi connectivity index (χ2n) is 4.95. The molecule has 3 rings (SSSR count). The van der Waals surface area contributed by atoms with Crippen LogP contribution in [0.25, 0.3) is 0 Å². The molecule has 18 heavy (non-hydrogen) atoms. The van der Waals surface area contributed by atoms with Gasteiger partial charge in [-0.05, 0) is 6.92 Å². The summed E-state index contributed by atoms with van der Waals surface area (Å²) in [7, 11) is 0. The summed E-state index contributed by atoms with van der Waals surface area (Å²) in [6, 6.07) is 0. The number of carbonyl (C=O) groups is 1. The summed E-state index contributed by atoms with van der Waals surface area (Å²) in [5.74, 6) is 1.39. The Morgan fingerprint density at radius 3 is 2.28 bits per heavy atom. The standard InChI is InChI=1S/C12H21N4O2/c1-2-18-12(17)16-9-7-14-5-3-13-4-6-15(8-10-16)11(13)14/h2-10H2,1H3/q+1. The van der Waals surface area contributed by atoms with Crippen LogP contribution < -0.4 is 0 Å². The maximum absolute atomic E-state index is 11.8. The van der Waals surface area contributed by atoms with Gasteiger partial charge in [-0.25, -0.2) is 4.79 Å². The molecule has 3 aliphatic heterocycles. The molecule has 100 valence electrons. The molecule has 1 amide bonds. The summed E-state index contributed by atoms with van der Waals surface area (Å²) in [6.07, 6.45) is -0.170. The first-order valence-electron chi connectivity index (χ1n) is 6.83. The smallest absolute Gasteiger partial charge is 0.409 e. The Morgan fingerprint density at radius 1 is 1.11 bits per heavy atom. The van der Waals surface area contributed by atoms with Gasteiger partial charge in [0.2, 0.25) is 0 Å². The van der Waals surface area contributed by atoms with Crippen LogP contribution in [0.4, 0.5) is 4.79 Å². The number of rotatable bonds is 1. The van der Waals surface area contributed by atoms with E-state index in [2.05, 4.69) is 14.4 Å². The molecular formula is C12H21N4O2+. The van der Waals surface area contributed by atoms with Crippen molar-refractivity contribution in [3.8, 4) is 0 Å². The predicted molar refractivity (Wildman–Crippen MR) is 66.7 cm³/mol. The summed E-state index contributed by atoms with van der Waals surface area (Å²) in [5.41, 5.74) is 0. The Kier molecular flexibility index (Phi) is 3.01. The normalized spacial score (nSPS) is 23.1. The third-order valence-corrected chi connectivity index (χ3v) is 3.93. The van der Waals surface area contributed by atoms with Crippen molar-refractivity contribution < 1.29 is 14.1 Å². The van der Waals surface area contributed by atoms with Crippen LogP contribution in [0.2, 0.25) is 0 Å². The zero-order valence-electron chi connectivity index (χ0n) is 11.0. The number of hydrogen-bond acceptors (Lipinski definition) is 4. The minimum Gasteiger partial charge on any atom is -0.450 e. The molecule has 0 aromatic heterocycles. The predicted octanol–water partition coefficient (Wildman–Crippen LogP) is -0.542. The van der Waals surface area contributed by atoms with Crippen molar-refractivity contribution in [3.63, 3.8) is 0 Å². The minimum atomic E-state index is -0.170. The molecule has 0 aromatic rings. The molecule has 0 atom stereocenters. The maximum atomic E-state index is 11.8. The Labute approximate surface area is 107 Å². The van der Waals surface area contributed by atoms with Gasteiger partial charge in [0.1, 0.15) is 0 Å². The molecule has 1 fully saturated rings. The van der Waals surface area contributed by atoms with Crippen molar-refractivity contribution in [1.82, 2.24) is 14.7 Å². The van der Waals surface area contributed by atoms with Crippen LogP contribution in [0.5, 0.6) is 0 Å². The molecule has 0 N–H and O–H groups in total. The van der Waals surface area contributed by atoms with Gasteiger partial charge in [0.05, 0.1) is 59.0 Å². The lowest BCUT2D eigenvalue weighted by molar-refractivity contribution is -0.508. The molecule has 0 aliphatic carbocycles. The average molecular weight is 253 g/mol. The van der Waals surface area contributed by atoms with Gasteiger partial charge in [0.25, 0.3) is 0 Å². The summed E-state index contributed by atoms with van der Waals surface area (Å²) in [5, 5.41) is 0. The van der Waals surface area contributed by atoms with Crippen molar-refractivity contribution in [2.45, 2.75) is 6.92 Å². The van der Waals surface area contributed by atoms with E-state index in [1.165, 1.54) is 5.96 Å². The average Bonchev–Trinajstić information content (AvgIpc) is 2.87. The topological polar surface area (TPSA) is 39.0 Å². The molecule has 0 spiro atoms. The van der Waals surface area contributed by atoms with Crippen LogP contribution in [0.1, 0.15) is 6.92 Å². The van der Waals surface area contributed by atoms with Crippen LogP contribution in [-0.4, -0.2) is 90.3 Å². The quantitative estimate of drug-likeness (QED) is 0.588. The van der Waals surface area contributed by atoms with Gasteiger partial charge in [0.15, 0.2) is 0 Å². The largest absolute Gasteiger partial charge is 0.450 e. The zero-order chi connectivity index (χ0) is 12.5. The van der Waals surface area contributed by atoms with E-state index < -0.39 is 0 Å². The van der Waals surface area contributed by atoms with Crippen LogP contribution in [0, 0.1) is 0 Å². The highest BCUT2D eigenvalue weighted by Crippen LogP contribution is 2.14. The second kappa shape index (κ2) is 4.66. The minimum absolute atomic E-state index is 0.170. The van der Waals surface area contributed by atoms with Crippen molar-refractivity contribution in [1.29, 1.82) is 0 Å². The van der Waals surface area contributed by atoms with Crippen molar-refractivity contribution >= 4 is 12.1 Å². The van der Waals surface area contributed by atoms with Gasteiger partial charge in [-0.3, -0.25) is 14.4 Å². The molecule has 0 radical (unpaired) electrons. The lowest BCUT2D eigenvalue weighted by Gasteiger charge is -2.29. The van der Waals surface area contributed by atoms with E-state index in [0.717, 1.165) is 52.4 Å². The van der Waals surface area contributed by atoms with E-state index >= 15 is 0 Å². The molecule has 0 aromatic carbocycles. The Bertz CT molecular complexity index is 358. The SMILES string of the molecule is CCOC(=O)N1CCN2CC[N+]3=C2N(CC1)CC3. The lowest BCUT2D eigenvalue weighted by atomic mass is 10.3. The number of hydrogen-bond donors (Lipinski definition) is 0. The molecule has 3 aliphatic rings. The Morgan fingerprint density at radius 2 is 1.72 bits per heavy atom. The molecule has 1 saturated heterocycles. The highest BCUT2D eigenvalue weighted by Gasteiger charge is 2.41. The molecule has 6 heteroatoms. The number of nitrogens with zero attached hydrogens (tertiary/aromatic N) is 4. The van der Waals surface area contributed by atoms with Crippen LogP contribution in [0.15, 0.2) is 0 Å². The summed E-state index contributed by atoms with van der Waals surface area (Å²) in [6.45, 7) is 10.1. The number of amides is 1. The van der Waals surface area contributed by atoms with Gasteiger partial charge >= 0.3 is 12.1 Å². The summed E-state index contributed by atoms with van der Waals surface area (Å²) < 4.78 is 7.56. The Balaban J connectivity index is 1.69. The zero-order valence-corrected chi connectivity index (χ0v) is 11.0. The van der Waals surface area contributed by atoms with Gasteiger partial charge in [0, 0.05) is 0 Å². The number of carbonyl (C=O) groups excluding carboxylic acids is 1. The fraction of sp³-hybridized carbons (Fsp3) is 0.833. The molecule has 0 saturated carbocycles. The van der Waals surface area contributed by atoms with Gasteiger partial charge < -0.3 is 9.64 Å². The molecule has 6 nitrogen and oxygen atoms in total. The third-order valence-electron chi connectivity index (χ3n) is 3.93. The summed E-state index contributed by atoms with van der Waals surface area (Å²) >= 11 is 0. The van der Waals surface area contributed by atoms with Crippen molar-refractivity contribution in [2.75, 3.05) is 59.0 Å². The third kappa shape index (κ3) is 1.89. The highest BCUT2D eigenvalue weighted by molar-refractivity contribution is 5.78. The van der Waals surface area contributed by atoms with Gasteiger partial charge in [-0.2, -0.15) is 0 Å². The lowest BCUT2D eigenvalue weighted by Crippen LogP contribution is -2.51. The second-order valence-corrected chi connectivity index (χ2v) is 4.95. The van der Waals surface area contributed by atoms with Crippen LogP contribution in [-0.2, 0) is 4.74 Å². The van der Waals surface area contributed by atoms with E-state index in [0.29, 0.717) is 6.61 Å². The van der Waals surface area contributed by atoms with Gasteiger partial charge in [-0.1, -0.05) is 0 Å². The first kappa shape index (κ1) is 11.6. The molecule has 0 unspecified atom stereocenters. The maximum Gasteiger partial charge on any atom is 0.409 e. The number of guanidine groups is 1. The fourth-order valence-electron chi connectivity index (χ4n) is 3.01. The number of ether oxygens (including phenoxy) is 1. The van der Waals surface area contributed by atoms with Crippen molar-refractivity contribution in [2.24, 2.45) is 0 Å². The van der Waals surface area contributed by atoms with Crippen molar-refractivity contribution in [3.05, 3.63) is 0 Å². The monoisotopic (exact) mass is 253 g/mol.